The average molecular weight is 113 g/mol. The largest absolute Gasteiger partial charge is 2.00 e. The van der Waals surface area contributed by atoms with Crippen LogP contribution in [0.1, 0.15) is 2.85 Å². The van der Waals surface area contributed by atoms with Crippen molar-refractivity contribution < 1.29 is 18.9 Å². The molecule has 0 aromatic carbocycles. The standard InChI is InChI=1S/Al.Be.3FH.H2O.2H/h;;3*1H;1H2;;/q+3;+2;;;;;2*-1/p-3. The molecule has 36 valence electrons. The first-order valence-corrected chi connectivity index (χ1v) is 1.96. The van der Waals surface area contributed by atoms with Crippen LogP contribution in [0.2, 0.25) is 0 Å². The minimum atomic E-state index is -4.64. The van der Waals surface area contributed by atoms with Gasteiger partial charge in [0, 0.05) is 0 Å². The molecule has 0 atom stereocenters. The van der Waals surface area contributed by atoms with Gasteiger partial charge in [0.05, 0.1) is 0 Å². The summed E-state index contributed by atoms with van der Waals surface area (Å²) in [6.45, 7) is 0. The quantitative estimate of drug-likeness (QED) is 0.393. The average Bonchev–Trinajstić information content (AvgIpc) is 0.811. The molecule has 0 aliphatic carbocycles. The van der Waals surface area contributed by atoms with Crippen molar-refractivity contribution in [2.45, 2.75) is 0 Å². The van der Waals surface area contributed by atoms with Crippen LogP contribution in [0.5, 0.6) is 0 Å². The maximum Gasteiger partial charge on any atom is 2.00 e. The maximum atomic E-state index is 9.81. The molecular weight excluding hydrogens is 109 g/mol. The molecule has 6 heteroatoms. The Morgan fingerprint density at radius 3 is 1.17 bits per heavy atom. The monoisotopic (exact) mass is 113 g/mol. The van der Waals surface area contributed by atoms with Crippen molar-refractivity contribution in [2.75, 3.05) is 0 Å². The van der Waals surface area contributed by atoms with Crippen LogP contribution < -0.4 is 0 Å². The molecule has 1 nitrogen and oxygen atoms in total. The van der Waals surface area contributed by atoms with Crippen LogP contribution in [-0.4, -0.2) is 31.1 Å². The Labute approximate surface area is 45.5 Å². The van der Waals surface area contributed by atoms with Gasteiger partial charge in [-0.3, -0.25) is 0 Å². The molecule has 0 saturated heterocycles. The molecule has 0 rings (SSSR count). The maximum absolute atomic E-state index is 9.81. The van der Waals surface area contributed by atoms with Gasteiger partial charge in [0.2, 0.25) is 0 Å². The molecule has 0 unspecified atom stereocenters. The van der Waals surface area contributed by atoms with E-state index in [4.69, 9.17) is 0 Å². The third kappa shape index (κ3) is 260. The van der Waals surface area contributed by atoms with Gasteiger partial charge in [0.15, 0.2) is 0 Å². The van der Waals surface area contributed by atoms with Crippen LogP contribution in [0.15, 0.2) is 0 Å². The van der Waals surface area contributed by atoms with Crippen molar-refractivity contribution in [3.8, 4) is 0 Å². The van der Waals surface area contributed by atoms with E-state index in [2.05, 4.69) is 0 Å². The summed E-state index contributed by atoms with van der Waals surface area (Å²) < 4.78 is 29.4. The predicted octanol–water partition coefficient (Wildman–Crippen LogP) is -0.101. The minimum Gasteiger partial charge on any atom is -1.00 e. The van der Waals surface area contributed by atoms with Crippen molar-refractivity contribution >= 4 is 25.6 Å². The van der Waals surface area contributed by atoms with E-state index < -0.39 is 15.5 Å². The van der Waals surface area contributed by atoms with Crippen molar-refractivity contribution in [2.24, 2.45) is 0 Å². The topological polar surface area (TPSA) is 31.5 Å². The molecule has 0 aliphatic rings. The fourth-order valence-electron chi connectivity index (χ4n) is 0. The molecule has 2 N–H and O–H groups in total. The summed E-state index contributed by atoms with van der Waals surface area (Å²) in [6, 6.07) is 0. The Hall–Kier alpha value is 0.451. The fraction of sp³-hybridized carbons (Fsp3) is 0. The van der Waals surface area contributed by atoms with E-state index >= 15 is 0 Å². The molecule has 0 aromatic rings. The Morgan fingerprint density at radius 1 is 1.17 bits per heavy atom. The van der Waals surface area contributed by atoms with Gasteiger partial charge in [0.1, 0.15) is 0 Å². The first kappa shape index (κ1) is 16.1. The smallest absolute Gasteiger partial charge is 1.00 e. The Morgan fingerprint density at radius 2 is 1.17 bits per heavy atom. The van der Waals surface area contributed by atoms with Gasteiger partial charge in [-0.2, -0.15) is 0 Å². The van der Waals surface area contributed by atoms with Gasteiger partial charge >= 0.3 is 25.6 Å². The zero-order valence-corrected chi connectivity index (χ0v) is 4.07. The zero-order valence-electron chi connectivity index (χ0n) is 4.92. The van der Waals surface area contributed by atoms with Gasteiger partial charge in [-0.25, -0.2) is 0 Å². The second-order valence-electron chi connectivity index (χ2n) is 0.247. The Kier molecular flexibility index (Phi) is 24.3. The van der Waals surface area contributed by atoms with E-state index in [1.54, 1.807) is 0 Å². The second kappa shape index (κ2) is 9.07. The van der Waals surface area contributed by atoms with Crippen molar-refractivity contribution in [3.63, 3.8) is 0 Å². The van der Waals surface area contributed by atoms with Crippen molar-refractivity contribution in [3.05, 3.63) is 0 Å². The molecule has 0 radical (unpaired) electrons. The van der Waals surface area contributed by atoms with E-state index in [9.17, 15) is 10.6 Å². The Bertz CT molecular complexity index is 22.0. The molecule has 0 bridgehead atoms. The van der Waals surface area contributed by atoms with Gasteiger partial charge in [-0.15, -0.1) is 0 Å². The summed E-state index contributed by atoms with van der Waals surface area (Å²) in [5, 5.41) is 0. The van der Waals surface area contributed by atoms with Crippen molar-refractivity contribution in [1.82, 2.24) is 0 Å². The van der Waals surface area contributed by atoms with E-state index in [0.29, 0.717) is 0 Å². The first-order valence-electron chi connectivity index (χ1n) is 0.655. The third-order valence-electron chi connectivity index (χ3n) is 0. The summed E-state index contributed by atoms with van der Waals surface area (Å²) in [6.07, 6.45) is 0. The SMILES string of the molecule is O.[Be+2].[F][Al]([F])[F].[H-].[H-]. The molecular formula is H4AlBeF3O. The summed E-state index contributed by atoms with van der Waals surface area (Å²) in [4.78, 5) is 0. The predicted molar refractivity (Wildman–Crippen MR) is 20.7 cm³/mol. The van der Waals surface area contributed by atoms with Crippen LogP contribution in [0.25, 0.3) is 0 Å². The number of hydrogen-bond donors (Lipinski definition) is 0. The third-order valence-corrected chi connectivity index (χ3v) is 0. The van der Waals surface area contributed by atoms with Crippen LogP contribution in [0, 0.1) is 0 Å². The number of rotatable bonds is 0. The van der Waals surface area contributed by atoms with Gasteiger partial charge in [-0.1, -0.05) is 0 Å². The van der Waals surface area contributed by atoms with Gasteiger partial charge < -0.3 is 18.9 Å². The Balaban J connectivity index is -0.00000000750. The summed E-state index contributed by atoms with van der Waals surface area (Å²) in [5.74, 6) is 0. The van der Waals surface area contributed by atoms with Crippen LogP contribution >= 0.6 is 0 Å². The molecule has 0 fully saturated rings. The molecule has 6 heavy (non-hydrogen) atoms. The number of halogens is 3. The molecule has 0 saturated carbocycles. The summed E-state index contributed by atoms with van der Waals surface area (Å²) in [7, 11) is 0. The summed E-state index contributed by atoms with van der Waals surface area (Å²) in [5.41, 5.74) is 0. The van der Waals surface area contributed by atoms with Crippen LogP contribution in [-0.2, 0) is 0 Å². The van der Waals surface area contributed by atoms with E-state index in [-0.39, 0.29) is 18.5 Å². The summed E-state index contributed by atoms with van der Waals surface area (Å²) >= 11 is -4.64. The van der Waals surface area contributed by atoms with Crippen LogP contribution in [0.3, 0.4) is 0 Å². The molecule has 0 aromatic heterocycles. The molecule has 0 amide bonds. The van der Waals surface area contributed by atoms with E-state index in [0.717, 1.165) is 0 Å². The van der Waals surface area contributed by atoms with Crippen LogP contribution in [0.4, 0.5) is 10.6 Å². The van der Waals surface area contributed by atoms with Crippen molar-refractivity contribution in [1.29, 1.82) is 0 Å². The molecule has 0 spiro atoms. The number of hydrogen-bond acceptors (Lipinski definition) is 0. The fourth-order valence-corrected chi connectivity index (χ4v) is 0. The first-order chi connectivity index (χ1) is 1.73. The van der Waals surface area contributed by atoms with E-state index in [1.165, 1.54) is 0 Å². The second-order valence-corrected chi connectivity index (χ2v) is 0.742. The van der Waals surface area contributed by atoms with Gasteiger partial charge in [-0.05, 0) is 0 Å². The van der Waals surface area contributed by atoms with Gasteiger partial charge in [0.25, 0.3) is 0 Å². The normalized spacial score (nSPS) is 4.50. The molecule has 0 aliphatic heterocycles. The molecule has 0 heterocycles. The minimum absolute atomic E-state index is 0. The zero-order chi connectivity index (χ0) is 3.58. The van der Waals surface area contributed by atoms with E-state index in [1.807, 2.05) is 0 Å².